The smallest absolute Gasteiger partial charge is 0.256 e. The first-order chi connectivity index (χ1) is 14.8. The van der Waals surface area contributed by atoms with E-state index in [1.165, 1.54) is 6.07 Å². The quantitative estimate of drug-likeness (QED) is 0.546. The largest absolute Gasteiger partial charge is 0.374 e. The summed E-state index contributed by atoms with van der Waals surface area (Å²) in [4.78, 5) is 29.3. The molecule has 162 valence electrons. The van der Waals surface area contributed by atoms with E-state index in [2.05, 4.69) is 10.3 Å². The van der Waals surface area contributed by atoms with Gasteiger partial charge in [-0.15, -0.1) is 0 Å². The maximum atomic E-state index is 14.5. The lowest BCUT2D eigenvalue weighted by Gasteiger charge is -2.36. The van der Waals surface area contributed by atoms with Crippen molar-refractivity contribution in [1.29, 1.82) is 0 Å². The molecule has 0 saturated carbocycles. The first kappa shape index (κ1) is 21.6. The minimum atomic E-state index is -0.610. The molecule has 0 bridgehead atoms. The standard InChI is InChI=1S/C22H21Cl2FN4O2/c1-11-21-12(4-14(23)7-17(21)24)2-3-29(11)20(30)10-27-19-6-13-5-15(9-26)28-22(31)16(13)8-18(19)25/h4-8,11,27H,2-3,9-10,26H2,1H3,(H,28,31)/t11-/m1/s1. The van der Waals surface area contributed by atoms with Crippen molar-refractivity contribution in [3.63, 3.8) is 0 Å². The van der Waals surface area contributed by atoms with Crippen molar-refractivity contribution in [2.45, 2.75) is 25.9 Å². The molecule has 0 fully saturated rings. The van der Waals surface area contributed by atoms with Crippen molar-refractivity contribution in [3.05, 3.63) is 73.4 Å². The lowest BCUT2D eigenvalue weighted by Crippen LogP contribution is -2.42. The fraction of sp³-hybridized carbons (Fsp3) is 0.273. The molecule has 9 heteroatoms. The molecule has 0 radical (unpaired) electrons. The van der Waals surface area contributed by atoms with E-state index in [1.807, 2.05) is 13.0 Å². The number of amides is 1. The fourth-order valence-corrected chi connectivity index (χ4v) is 4.80. The number of hydrogen-bond acceptors (Lipinski definition) is 4. The highest BCUT2D eigenvalue weighted by Gasteiger charge is 2.29. The van der Waals surface area contributed by atoms with Crippen LogP contribution in [0.4, 0.5) is 10.1 Å². The molecule has 1 atom stereocenters. The number of nitrogens with one attached hydrogen (secondary N) is 2. The monoisotopic (exact) mass is 462 g/mol. The summed E-state index contributed by atoms with van der Waals surface area (Å²) in [5, 5.41) is 4.73. The zero-order valence-corrected chi connectivity index (χ0v) is 18.3. The van der Waals surface area contributed by atoms with Gasteiger partial charge in [-0.05, 0) is 60.2 Å². The van der Waals surface area contributed by atoms with E-state index in [0.717, 1.165) is 17.2 Å². The number of hydrogen-bond donors (Lipinski definition) is 3. The molecule has 0 unspecified atom stereocenters. The van der Waals surface area contributed by atoms with E-state index >= 15 is 0 Å². The van der Waals surface area contributed by atoms with Gasteiger partial charge in [-0.25, -0.2) is 4.39 Å². The van der Waals surface area contributed by atoms with Gasteiger partial charge in [-0.2, -0.15) is 0 Å². The predicted molar refractivity (Wildman–Crippen MR) is 121 cm³/mol. The van der Waals surface area contributed by atoms with E-state index in [1.54, 1.807) is 17.0 Å². The molecule has 0 aliphatic carbocycles. The number of benzene rings is 2. The second kappa shape index (κ2) is 8.49. The number of halogens is 3. The molecule has 4 N–H and O–H groups in total. The highest BCUT2D eigenvalue weighted by molar-refractivity contribution is 6.35. The molecular formula is C22H21Cl2FN4O2. The number of pyridine rings is 1. The zero-order chi connectivity index (χ0) is 22.3. The van der Waals surface area contributed by atoms with Crippen molar-refractivity contribution in [1.82, 2.24) is 9.88 Å². The van der Waals surface area contributed by atoms with Crippen molar-refractivity contribution in [2.24, 2.45) is 5.73 Å². The predicted octanol–water partition coefficient (Wildman–Crippen LogP) is 3.99. The molecule has 3 aromatic rings. The lowest BCUT2D eigenvalue weighted by molar-refractivity contribution is -0.131. The van der Waals surface area contributed by atoms with Crippen LogP contribution in [0.15, 0.2) is 35.1 Å². The number of nitrogens with zero attached hydrogens (tertiary/aromatic N) is 1. The molecule has 2 heterocycles. The molecule has 1 aromatic heterocycles. The third-order valence-corrected chi connectivity index (χ3v) is 6.18. The minimum absolute atomic E-state index is 0.0970. The third-order valence-electron chi connectivity index (χ3n) is 5.65. The summed E-state index contributed by atoms with van der Waals surface area (Å²) in [6, 6.07) is 7.69. The minimum Gasteiger partial charge on any atom is -0.374 e. The molecule has 31 heavy (non-hydrogen) atoms. The number of carbonyl (C=O) groups excluding carboxylic acids is 1. The number of rotatable bonds is 4. The number of carbonyl (C=O) groups is 1. The third kappa shape index (κ3) is 4.13. The molecule has 0 saturated heterocycles. The maximum absolute atomic E-state index is 14.5. The summed E-state index contributed by atoms with van der Waals surface area (Å²) >= 11 is 12.5. The number of nitrogens with two attached hydrogens (primary N) is 1. The summed E-state index contributed by atoms with van der Waals surface area (Å²) in [7, 11) is 0. The van der Waals surface area contributed by atoms with Gasteiger partial charge in [0.15, 0.2) is 0 Å². The molecule has 1 aliphatic rings. The Morgan fingerprint density at radius 3 is 2.81 bits per heavy atom. The van der Waals surface area contributed by atoms with Gasteiger partial charge in [0.25, 0.3) is 5.56 Å². The normalized spacial score (nSPS) is 15.8. The Kier molecular flexibility index (Phi) is 5.92. The van der Waals surface area contributed by atoms with Crippen molar-refractivity contribution in [2.75, 3.05) is 18.4 Å². The first-order valence-electron chi connectivity index (χ1n) is 9.85. The summed E-state index contributed by atoms with van der Waals surface area (Å²) in [6.07, 6.45) is 0.640. The molecular weight excluding hydrogens is 442 g/mol. The molecule has 6 nitrogen and oxygen atoms in total. The number of fused-ring (bicyclic) bond motifs is 2. The van der Waals surface area contributed by atoms with Gasteiger partial charge in [-0.3, -0.25) is 9.59 Å². The van der Waals surface area contributed by atoms with Crippen molar-refractivity contribution < 1.29 is 9.18 Å². The van der Waals surface area contributed by atoms with Crippen LogP contribution >= 0.6 is 23.2 Å². The van der Waals surface area contributed by atoms with Gasteiger partial charge in [0, 0.05) is 28.8 Å². The van der Waals surface area contributed by atoms with Gasteiger partial charge >= 0.3 is 0 Å². The van der Waals surface area contributed by atoms with Crippen molar-refractivity contribution in [3.8, 4) is 0 Å². The molecule has 1 aliphatic heterocycles. The Bertz CT molecular complexity index is 1240. The Morgan fingerprint density at radius 1 is 1.29 bits per heavy atom. The van der Waals surface area contributed by atoms with Crippen LogP contribution in [-0.2, 0) is 17.8 Å². The second-order valence-electron chi connectivity index (χ2n) is 7.57. The highest BCUT2D eigenvalue weighted by Crippen LogP contribution is 2.37. The van der Waals surface area contributed by atoms with Crippen LogP contribution in [0.1, 0.15) is 29.8 Å². The molecule has 0 spiro atoms. The molecule has 1 amide bonds. The van der Waals surface area contributed by atoms with Crippen molar-refractivity contribution >= 4 is 45.6 Å². The van der Waals surface area contributed by atoms with Gasteiger partial charge in [0.1, 0.15) is 5.82 Å². The van der Waals surface area contributed by atoms with Gasteiger partial charge in [-0.1, -0.05) is 23.2 Å². The molecule has 2 aromatic carbocycles. The topological polar surface area (TPSA) is 91.2 Å². The van der Waals surface area contributed by atoms with Crippen LogP contribution in [0.3, 0.4) is 0 Å². The van der Waals surface area contributed by atoms with E-state index in [-0.39, 0.29) is 36.1 Å². The van der Waals surface area contributed by atoms with E-state index < -0.39 is 11.4 Å². The van der Waals surface area contributed by atoms with Crippen LogP contribution in [0, 0.1) is 5.82 Å². The lowest BCUT2D eigenvalue weighted by atomic mass is 9.93. The number of H-pyrrole nitrogens is 1. The fourth-order valence-electron chi connectivity index (χ4n) is 4.10. The zero-order valence-electron chi connectivity index (χ0n) is 16.8. The maximum Gasteiger partial charge on any atom is 0.256 e. The second-order valence-corrected chi connectivity index (χ2v) is 8.42. The van der Waals surface area contributed by atoms with Crippen LogP contribution in [0.25, 0.3) is 10.8 Å². The Morgan fingerprint density at radius 2 is 2.06 bits per heavy atom. The van der Waals surface area contributed by atoms with Crippen LogP contribution < -0.4 is 16.6 Å². The SMILES string of the molecule is C[C@@H]1c2c(Cl)cc(Cl)cc2CCN1C(=O)CNc1cc2cc(CN)[nH]c(=O)c2cc1F. The van der Waals surface area contributed by atoms with E-state index in [0.29, 0.717) is 34.1 Å². The van der Waals surface area contributed by atoms with Gasteiger partial charge in [0.2, 0.25) is 5.91 Å². The summed E-state index contributed by atoms with van der Waals surface area (Å²) in [6.45, 7) is 2.49. The highest BCUT2D eigenvalue weighted by atomic mass is 35.5. The van der Waals surface area contributed by atoms with Crippen LogP contribution in [0.2, 0.25) is 10.0 Å². The van der Waals surface area contributed by atoms with Crippen LogP contribution in [0.5, 0.6) is 0 Å². The Balaban J connectivity index is 1.54. The van der Waals surface area contributed by atoms with Crippen LogP contribution in [-0.4, -0.2) is 28.9 Å². The van der Waals surface area contributed by atoms with Gasteiger partial charge < -0.3 is 20.9 Å². The average molecular weight is 463 g/mol. The molecule has 4 rings (SSSR count). The Labute approximate surface area is 188 Å². The number of anilines is 1. The number of aromatic amines is 1. The number of aromatic nitrogens is 1. The van der Waals surface area contributed by atoms with E-state index in [4.69, 9.17) is 28.9 Å². The summed E-state index contributed by atoms with van der Waals surface area (Å²) < 4.78 is 14.5. The summed E-state index contributed by atoms with van der Waals surface area (Å²) in [5.74, 6) is -0.793. The van der Waals surface area contributed by atoms with Gasteiger partial charge in [0.05, 0.1) is 23.7 Å². The first-order valence-corrected chi connectivity index (χ1v) is 10.6. The Hall–Kier alpha value is -2.61. The average Bonchev–Trinajstić information content (AvgIpc) is 2.72. The van der Waals surface area contributed by atoms with E-state index in [9.17, 15) is 14.0 Å². The summed E-state index contributed by atoms with van der Waals surface area (Å²) in [5.41, 5.74) is 7.80.